The number of nitriles is 1. The number of hydrogen-bond donors (Lipinski definition) is 1. The second-order valence-electron chi connectivity index (χ2n) is 4.47. The van der Waals surface area contributed by atoms with Gasteiger partial charge in [0.25, 0.3) is 0 Å². The third-order valence-corrected chi connectivity index (χ3v) is 2.83. The number of rotatable bonds is 5. The number of aromatic nitrogens is 2. The quantitative estimate of drug-likeness (QED) is 0.887. The van der Waals surface area contributed by atoms with Crippen LogP contribution in [-0.4, -0.2) is 39.1 Å². The summed E-state index contributed by atoms with van der Waals surface area (Å²) < 4.78 is 14.9. The van der Waals surface area contributed by atoms with Gasteiger partial charge in [0.05, 0.1) is 30.2 Å². The predicted molar refractivity (Wildman–Crippen MR) is 69.3 cm³/mol. The number of aliphatic carboxylic acids is 1. The van der Waals surface area contributed by atoms with E-state index in [0.717, 1.165) is 0 Å². The van der Waals surface area contributed by atoms with Gasteiger partial charge in [0.1, 0.15) is 18.2 Å². The van der Waals surface area contributed by atoms with Crippen LogP contribution in [0, 0.1) is 17.1 Å². The van der Waals surface area contributed by atoms with Crippen LogP contribution in [0.25, 0.3) is 11.0 Å². The van der Waals surface area contributed by atoms with Crippen LogP contribution in [0.2, 0.25) is 0 Å². The minimum absolute atomic E-state index is 0.0817. The average Bonchev–Trinajstić information content (AvgIpc) is 2.66. The van der Waals surface area contributed by atoms with E-state index >= 15 is 0 Å². The molecular formula is C13H13FN4O2. The van der Waals surface area contributed by atoms with Crippen molar-refractivity contribution in [1.29, 1.82) is 5.26 Å². The normalized spacial score (nSPS) is 10.9. The number of halogens is 1. The Balaban J connectivity index is 2.38. The molecule has 0 saturated heterocycles. The number of nitrogens with zero attached hydrogens (tertiary/aromatic N) is 4. The Kier molecular flexibility index (Phi) is 3.96. The van der Waals surface area contributed by atoms with Crippen LogP contribution in [0.15, 0.2) is 18.2 Å². The first-order chi connectivity index (χ1) is 9.51. The summed E-state index contributed by atoms with van der Waals surface area (Å²) in [5.41, 5.74) is 1.12. The van der Waals surface area contributed by atoms with Gasteiger partial charge in [-0.3, -0.25) is 9.69 Å². The Morgan fingerprint density at radius 3 is 3.00 bits per heavy atom. The molecule has 0 aliphatic heterocycles. The molecule has 0 aliphatic carbocycles. The standard InChI is InChI=1S/C13H13FN4O2/c1-17(8-13(19)20)7-12-16-10-6-9(14)2-3-11(10)18(12)5-4-15/h2-3,6H,5,7-8H2,1H3,(H,19,20). The summed E-state index contributed by atoms with van der Waals surface area (Å²) in [6.07, 6.45) is 0. The van der Waals surface area contributed by atoms with E-state index < -0.39 is 11.8 Å². The number of imidazole rings is 1. The molecule has 6 nitrogen and oxygen atoms in total. The number of likely N-dealkylation sites (N-methyl/N-ethyl adjacent to an activating group) is 1. The van der Waals surface area contributed by atoms with Crippen molar-refractivity contribution in [2.24, 2.45) is 0 Å². The van der Waals surface area contributed by atoms with Gasteiger partial charge >= 0.3 is 5.97 Å². The van der Waals surface area contributed by atoms with Gasteiger partial charge in [-0.15, -0.1) is 0 Å². The number of carbonyl (C=O) groups is 1. The van der Waals surface area contributed by atoms with Gasteiger partial charge in [-0.25, -0.2) is 9.37 Å². The van der Waals surface area contributed by atoms with Gasteiger partial charge in [-0.2, -0.15) is 5.26 Å². The molecule has 0 fully saturated rings. The lowest BCUT2D eigenvalue weighted by Crippen LogP contribution is -2.26. The molecule has 0 saturated carbocycles. The highest BCUT2D eigenvalue weighted by atomic mass is 19.1. The fraction of sp³-hybridized carbons (Fsp3) is 0.308. The molecule has 0 radical (unpaired) electrons. The first-order valence-corrected chi connectivity index (χ1v) is 5.93. The lowest BCUT2D eigenvalue weighted by molar-refractivity contribution is -0.138. The topological polar surface area (TPSA) is 82.2 Å². The Morgan fingerprint density at radius 1 is 1.60 bits per heavy atom. The first-order valence-electron chi connectivity index (χ1n) is 5.93. The second kappa shape index (κ2) is 5.67. The SMILES string of the molecule is CN(CC(=O)O)Cc1nc2cc(F)ccc2n1CC#N. The Labute approximate surface area is 114 Å². The predicted octanol–water partition coefficient (Wildman–Crippen LogP) is 1.22. The van der Waals surface area contributed by atoms with E-state index in [4.69, 9.17) is 10.4 Å². The highest BCUT2D eigenvalue weighted by Crippen LogP contribution is 2.18. The summed E-state index contributed by atoms with van der Waals surface area (Å²) >= 11 is 0. The van der Waals surface area contributed by atoms with Crippen molar-refractivity contribution in [3.63, 3.8) is 0 Å². The number of hydrogen-bond acceptors (Lipinski definition) is 4. The van der Waals surface area contributed by atoms with Crippen molar-refractivity contribution in [3.05, 3.63) is 29.8 Å². The lowest BCUT2D eigenvalue weighted by atomic mass is 10.3. The molecule has 20 heavy (non-hydrogen) atoms. The van der Waals surface area contributed by atoms with Crippen molar-refractivity contribution in [3.8, 4) is 6.07 Å². The van der Waals surface area contributed by atoms with E-state index in [1.54, 1.807) is 22.6 Å². The van der Waals surface area contributed by atoms with Crippen molar-refractivity contribution < 1.29 is 14.3 Å². The molecular weight excluding hydrogens is 263 g/mol. The fourth-order valence-electron chi connectivity index (χ4n) is 2.05. The smallest absolute Gasteiger partial charge is 0.317 e. The molecule has 0 amide bonds. The molecule has 0 atom stereocenters. The van der Waals surface area contributed by atoms with E-state index in [1.165, 1.54) is 12.1 Å². The van der Waals surface area contributed by atoms with Crippen LogP contribution in [-0.2, 0) is 17.9 Å². The minimum atomic E-state index is -0.943. The van der Waals surface area contributed by atoms with Crippen molar-refractivity contribution in [2.75, 3.05) is 13.6 Å². The van der Waals surface area contributed by atoms with Gasteiger partial charge in [-0.05, 0) is 19.2 Å². The highest BCUT2D eigenvalue weighted by Gasteiger charge is 2.14. The van der Waals surface area contributed by atoms with E-state index in [0.29, 0.717) is 16.9 Å². The highest BCUT2D eigenvalue weighted by molar-refractivity contribution is 5.76. The van der Waals surface area contributed by atoms with E-state index in [9.17, 15) is 9.18 Å². The Morgan fingerprint density at radius 2 is 2.35 bits per heavy atom. The number of carboxylic acids is 1. The molecule has 1 heterocycles. The molecule has 7 heteroatoms. The maximum absolute atomic E-state index is 13.2. The third kappa shape index (κ3) is 2.92. The number of benzene rings is 1. The number of carboxylic acid groups (broad SMARTS) is 1. The Bertz CT molecular complexity index is 689. The summed E-state index contributed by atoms with van der Waals surface area (Å²) in [6.45, 7) is 0.215. The van der Waals surface area contributed by atoms with Crippen molar-refractivity contribution in [2.45, 2.75) is 13.1 Å². The van der Waals surface area contributed by atoms with Gasteiger partial charge in [0.15, 0.2) is 0 Å². The molecule has 0 aliphatic rings. The van der Waals surface area contributed by atoms with Gasteiger partial charge in [0.2, 0.25) is 0 Å². The van der Waals surface area contributed by atoms with Crippen LogP contribution < -0.4 is 0 Å². The van der Waals surface area contributed by atoms with Crippen molar-refractivity contribution >= 4 is 17.0 Å². The average molecular weight is 276 g/mol. The molecule has 1 N–H and O–H groups in total. The largest absolute Gasteiger partial charge is 0.480 e. The summed E-state index contributed by atoms with van der Waals surface area (Å²) in [5, 5.41) is 17.6. The zero-order valence-corrected chi connectivity index (χ0v) is 10.9. The van der Waals surface area contributed by atoms with Crippen molar-refractivity contribution in [1.82, 2.24) is 14.5 Å². The maximum atomic E-state index is 13.2. The van der Waals surface area contributed by atoms with Gasteiger partial charge in [0, 0.05) is 6.07 Å². The van der Waals surface area contributed by atoms with Crippen LogP contribution in [0.1, 0.15) is 5.82 Å². The van der Waals surface area contributed by atoms with E-state index in [2.05, 4.69) is 4.98 Å². The van der Waals surface area contributed by atoms with E-state index in [-0.39, 0.29) is 19.6 Å². The molecule has 1 aromatic carbocycles. The van der Waals surface area contributed by atoms with Crippen LogP contribution in [0.5, 0.6) is 0 Å². The van der Waals surface area contributed by atoms with Crippen LogP contribution in [0.3, 0.4) is 0 Å². The molecule has 104 valence electrons. The molecule has 1 aromatic heterocycles. The minimum Gasteiger partial charge on any atom is -0.480 e. The van der Waals surface area contributed by atoms with Gasteiger partial charge < -0.3 is 9.67 Å². The molecule has 2 rings (SSSR count). The summed E-state index contributed by atoms with van der Waals surface area (Å²) in [5.74, 6) is -0.804. The molecule has 0 unspecified atom stereocenters. The third-order valence-electron chi connectivity index (χ3n) is 2.83. The Hall–Kier alpha value is -2.46. The molecule has 0 spiro atoms. The monoisotopic (exact) mass is 276 g/mol. The van der Waals surface area contributed by atoms with Crippen LogP contribution >= 0.6 is 0 Å². The molecule has 0 bridgehead atoms. The second-order valence-corrected chi connectivity index (χ2v) is 4.47. The van der Waals surface area contributed by atoms with Gasteiger partial charge in [-0.1, -0.05) is 0 Å². The maximum Gasteiger partial charge on any atom is 0.317 e. The van der Waals surface area contributed by atoms with E-state index in [1.807, 2.05) is 6.07 Å². The lowest BCUT2D eigenvalue weighted by Gasteiger charge is -2.13. The fourth-order valence-corrected chi connectivity index (χ4v) is 2.05. The summed E-state index contributed by atoms with van der Waals surface area (Å²) in [4.78, 5) is 16.5. The first kappa shape index (κ1) is 14.0. The number of fused-ring (bicyclic) bond motifs is 1. The zero-order chi connectivity index (χ0) is 14.7. The molecule has 2 aromatic rings. The summed E-state index contributed by atoms with van der Waals surface area (Å²) in [6, 6.07) is 6.19. The zero-order valence-electron chi connectivity index (χ0n) is 10.9. The summed E-state index contributed by atoms with van der Waals surface area (Å²) in [7, 11) is 1.64. The van der Waals surface area contributed by atoms with Crippen LogP contribution in [0.4, 0.5) is 4.39 Å².